The average Bonchev–Trinajstić information content (AvgIpc) is 3.01. The molecule has 0 saturated heterocycles. The summed E-state index contributed by atoms with van der Waals surface area (Å²) in [5.41, 5.74) is 2.77. The number of methoxy groups -OCH3 is 1. The fourth-order valence-corrected chi connectivity index (χ4v) is 4.35. The zero-order valence-corrected chi connectivity index (χ0v) is 23.2. The van der Waals surface area contributed by atoms with Gasteiger partial charge in [0, 0.05) is 18.2 Å². The summed E-state index contributed by atoms with van der Waals surface area (Å²) in [5.74, 6) is -1.69. The Hall–Kier alpha value is -4.21. The Balaban J connectivity index is 1.87. The number of para-hydroxylation sites is 1. The molecule has 0 aromatic heterocycles. The predicted molar refractivity (Wildman–Crippen MR) is 149 cm³/mol. The van der Waals surface area contributed by atoms with Crippen LogP contribution in [0, 0.1) is 11.8 Å². The van der Waals surface area contributed by atoms with Gasteiger partial charge in [0.05, 0.1) is 18.5 Å². The van der Waals surface area contributed by atoms with E-state index in [2.05, 4.69) is 20.9 Å². The molecule has 208 valence electrons. The number of hydrogen-bond acceptors (Lipinski definition) is 6. The van der Waals surface area contributed by atoms with Crippen molar-refractivity contribution >= 4 is 35.2 Å². The van der Waals surface area contributed by atoms with Crippen molar-refractivity contribution in [1.82, 2.24) is 16.0 Å². The van der Waals surface area contributed by atoms with Crippen molar-refractivity contribution < 1.29 is 23.9 Å². The highest BCUT2D eigenvalue weighted by Gasteiger charge is 2.33. The molecule has 3 N–H and O–H groups in total. The summed E-state index contributed by atoms with van der Waals surface area (Å²) in [7, 11) is 2.88. The lowest BCUT2D eigenvalue weighted by Gasteiger charge is -2.26. The van der Waals surface area contributed by atoms with Gasteiger partial charge in [-0.15, -0.1) is 0 Å². The highest BCUT2D eigenvalue weighted by Crippen LogP contribution is 2.27. The maximum Gasteiger partial charge on any atom is 0.328 e. The maximum atomic E-state index is 13.4. The molecule has 39 heavy (non-hydrogen) atoms. The van der Waals surface area contributed by atoms with E-state index in [9.17, 15) is 19.2 Å². The molecule has 0 aliphatic carbocycles. The average molecular weight is 536 g/mol. The summed E-state index contributed by atoms with van der Waals surface area (Å²) < 4.78 is 4.81. The molecule has 1 aliphatic heterocycles. The van der Waals surface area contributed by atoms with E-state index in [-0.39, 0.29) is 11.8 Å². The fourth-order valence-electron chi connectivity index (χ4n) is 4.35. The van der Waals surface area contributed by atoms with Crippen LogP contribution in [0.15, 0.2) is 59.6 Å². The van der Waals surface area contributed by atoms with E-state index >= 15 is 0 Å². The number of anilines is 1. The molecular weight excluding hydrogens is 498 g/mol. The second-order valence-corrected chi connectivity index (χ2v) is 10.2. The van der Waals surface area contributed by atoms with Gasteiger partial charge >= 0.3 is 12.0 Å². The SMILES string of the molecule is COC(=O)[C@@H](NC(=O)[C@H](CC(C)C)NC(=O)N[C@@H]1N=C(c2ccccc2)c2ccccc2N(C)C1=O)C(C)C. The summed E-state index contributed by atoms with van der Waals surface area (Å²) in [4.78, 5) is 58.0. The predicted octanol–water partition coefficient (Wildman–Crippen LogP) is 2.85. The van der Waals surface area contributed by atoms with Gasteiger partial charge in [-0.25, -0.2) is 14.6 Å². The number of carbonyl (C=O) groups excluding carboxylic acids is 4. The monoisotopic (exact) mass is 535 g/mol. The molecule has 10 nitrogen and oxygen atoms in total. The molecule has 1 heterocycles. The number of aliphatic imine (C=N–C) groups is 1. The summed E-state index contributed by atoms with van der Waals surface area (Å²) >= 11 is 0. The van der Waals surface area contributed by atoms with E-state index in [1.165, 1.54) is 12.0 Å². The highest BCUT2D eigenvalue weighted by atomic mass is 16.5. The third-order valence-corrected chi connectivity index (χ3v) is 6.41. The van der Waals surface area contributed by atoms with E-state index in [4.69, 9.17) is 4.74 Å². The molecule has 2 aromatic rings. The Morgan fingerprint density at radius 1 is 0.974 bits per heavy atom. The second kappa shape index (κ2) is 13.0. The number of rotatable bonds is 9. The lowest BCUT2D eigenvalue weighted by Crippen LogP contribution is -2.57. The zero-order chi connectivity index (χ0) is 28.7. The number of urea groups is 1. The minimum atomic E-state index is -1.24. The lowest BCUT2D eigenvalue weighted by molar-refractivity contribution is -0.146. The van der Waals surface area contributed by atoms with Crippen LogP contribution in [0.25, 0.3) is 0 Å². The van der Waals surface area contributed by atoms with Gasteiger partial charge in [-0.1, -0.05) is 76.2 Å². The molecule has 0 radical (unpaired) electrons. The van der Waals surface area contributed by atoms with Crippen LogP contribution in [0.2, 0.25) is 0 Å². The molecule has 0 bridgehead atoms. The third-order valence-electron chi connectivity index (χ3n) is 6.41. The van der Waals surface area contributed by atoms with Gasteiger partial charge in [-0.3, -0.25) is 9.59 Å². The number of likely N-dealkylation sites (N-methyl/N-ethyl adjacent to an activating group) is 1. The van der Waals surface area contributed by atoms with Crippen LogP contribution >= 0.6 is 0 Å². The highest BCUT2D eigenvalue weighted by molar-refractivity contribution is 6.20. The standard InChI is InChI=1S/C29H37N5O5/c1-17(2)16-21(26(35)32-23(18(3)4)28(37)39-6)30-29(38)33-25-27(36)34(5)22-15-11-10-14-20(22)24(31-25)19-12-8-7-9-13-19/h7-15,17-18,21,23,25H,16H2,1-6H3,(H,32,35)(H2,30,33,38)/t21-,23-,25-/m0/s1. The summed E-state index contributed by atoms with van der Waals surface area (Å²) in [6.07, 6.45) is -0.924. The molecule has 0 unspecified atom stereocenters. The molecule has 0 spiro atoms. The molecule has 0 saturated carbocycles. The normalized spacial score (nSPS) is 16.5. The van der Waals surface area contributed by atoms with Crippen molar-refractivity contribution in [3.8, 4) is 0 Å². The lowest BCUT2D eigenvalue weighted by atomic mass is 10.0. The molecule has 3 rings (SSSR count). The number of esters is 1. The number of nitrogens with one attached hydrogen (secondary N) is 3. The summed E-state index contributed by atoms with van der Waals surface area (Å²) in [5, 5.41) is 8.01. The van der Waals surface area contributed by atoms with Crippen molar-refractivity contribution in [2.24, 2.45) is 16.8 Å². The van der Waals surface area contributed by atoms with Crippen LogP contribution in [0.1, 0.15) is 45.2 Å². The largest absolute Gasteiger partial charge is 0.467 e. The van der Waals surface area contributed by atoms with E-state index in [0.29, 0.717) is 17.8 Å². The molecule has 10 heteroatoms. The summed E-state index contributed by atoms with van der Waals surface area (Å²) in [6, 6.07) is 14.3. The number of hydrogen-bond donors (Lipinski definition) is 3. The van der Waals surface area contributed by atoms with Crippen molar-refractivity contribution in [3.05, 3.63) is 65.7 Å². The Morgan fingerprint density at radius 3 is 2.23 bits per heavy atom. The molecule has 0 fully saturated rings. The Labute approximate surface area is 229 Å². The van der Waals surface area contributed by atoms with Crippen LogP contribution in [-0.2, 0) is 19.1 Å². The van der Waals surface area contributed by atoms with Gasteiger partial charge in [0.15, 0.2) is 0 Å². The number of nitrogens with zero attached hydrogens (tertiary/aromatic N) is 2. The number of benzodiazepines with no additional fused rings is 1. The van der Waals surface area contributed by atoms with Gasteiger partial charge in [0.25, 0.3) is 5.91 Å². The summed E-state index contributed by atoms with van der Waals surface area (Å²) in [6.45, 7) is 7.40. The minimum Gasteiger partial charge on any atom is -0.467 e. The molecule has 2 aromatic carbocycles. The third kappa shape index (κ3) is 7.22. The first-order valence-electron chi connectivity index (χ1n) is 13.0. The van der Waals surface area contributed by atoms with Gasteiger partial charge in [-0.2, -0.15) is 0 Å². The smallest absolute Gasteiger partial charge is 0.328 e. The van der Waals surface area contributed by atoms with E-state index in [1.807, 2.05) is 68.4 Å². The van der Waals surface area contributed by atoms with Crippen molar-refractivity contribution in [2.45, 2.75) is 52.4 Å². The first-order chi connectivity index (χ1) is 18.5. The van der Waals surface area contributed by atoms with Crippen molar-refractivity contribution in [1.29, 1.82) is 0 Å². The zero-order valence-electron chi connectivity index (χ0n) is 23.2. The Bertz CT molecular complexity index is 1230. The van der Waals surface area contributed by atoms with E-state index < -0.39 is 42.1 Å². The fraction of sp³-hybridized carbons (Fsp3) is 0.414. The van der Waals surface area contributed by atoms with Crippen LogP contribution in [0.5, 0.6) is 0 Å². The van der Waals surface area contributed by atoms with Gasteiger partial charge in [-0.05, 0) is 24.3 Å². The molecule has 3 atom stereocenters. The van der Waals surface area contributed by atoms with Crippen LogP contribution in [-0.4, -0.2) is 61.9 Å². The molecule has 4 amide bonds. The Morgan fingerprint density at radius 2 is 1.62 bits per heavy atom. The quantitative estimate of drug-likeness (QED) is 0.425. The van der Waals surface area contributed by atoms with Crippen LogP contribution < -0.4 is 20.9 Å². The number of fused-ring (bicyclic) bond motifs is 1. The second-order valence-electron chi connectivity index (χ2n) is 10.2. The maximum absolute atomic E-state index is 13.4. The number of ether oxygens (including phenoxy) is 1. The van der Waals surface area contributed by atoms with Gasteiger partial charge in [0.2, 0.25) is 12.1 Å². The van der Waals surface area contributed by atoms with Crippen LogP contribution in [0.3, 0.4) is 0 Å². The van der Waals surface area contributed by atoms with Crippen molar-refractivity contribution in [3.63, 3.8) is 0 Å². The van der Waals surface area contributed by atoms with Gasteiger partial charge in [0.1, 0.15) is 12.1 Å². The number of amides is 4. The number of carbonyl (C=O) groups is 4. The molecular formula is C29H37N5O5. The van der Waals surface area contributed by atoms with E-state index in [0.717, 1.165) is 11.1 Å². The van der Waals surface area contributed by atoms with E-state index in [1.54, 1.807) is 20.9 Å². The van der Waals surface area contributed by atoms with Gasteiger partial charge < -0.3 is 25.6 Å². The minimum absolute atomic E-state index is 0.0551. The van der Waals surface area contributed by atoms with Crippen molar-refractivity contribution in [2.75, 3.05) is 19.1 Å². The topological polar surface area (TPSA) is 129 Å². The first kappa shape index (κ1) is 29.3. The number of benzene rings is 2. The molecule has 1 aliphatic rings. The Kier molecular flexibility index (Phi) is 9.81. The van der Waals surface area contributed by atoms with Crippen LogP contribution in [0.4, 0.5) is 10.5 Å². The first-order valence-corrected chi connectivity index (χ1v) is 13.0.